The van der Waals surface area contributed by atoms with Gasteiger partial charge in [-0.05, 0) is 29.8 Å². The van der Waals surface area contributed by atoms with Crippen molar-refractivity contribution < 1.29 is 18.0 Å². The second-order valence-electron chi connectivity index (χ2n) is 4.35. The van der Waals surface area contributed by atoms with Crippen LogP contribution in [0, 0.1) is 0 Å². The van der Waals surface area contributed by atoms with Gasteiger partial charge in [0, 0.05) is 12.1 Å². The number of amides is 1. The van der Waals surface area contributed by atoms with Crippen molar-refractivity contribution >= 4 is 11.6 Å². The summed E-state index contributed by atoms with van der Waals surface area (Å²) in [6, 6.07) is 8.87. The van der Waals surface area contributed by atoms with Gasteiger partial charge < -0.3 is 11.1 Å². The number of benzene rings is 1. The number of primary amides is 1. The predicted octanol–water partition coefficient (Wildman–Crippen LogP) is 2.81. The van der Waals surface area contributed by atoms with Gasteiger partial charge in [-0.15, -0.1) is 0 Å². The van der Waals surface area contributed by atoms with E-state index in [9.17, 15) is 18.0 Å². The highest BCUT2D eigenvalue weighted by molar-refractivity contribution is 5.92. The summed E-state index contributed by atoms with van der Waals surface area (Å²) in [6.45, 7) is 0.341. The van der Waals surface area contributed by atoms with Gasteiger partial charge in [0.05, 0.1) is 11.9 Å². The smallest absolute Gasteiger partial charge is 0.380 e. The number of halogens is 3. The molecular weight excluding hydrogens is 283 g/mol. The minimum Gasteiger partial charge on any atom is -0.380 e. The van der Waals surface area contributed by atoms with E-state index in [-0.39, 0.29) is 0 Å². The number of anilines is 1. The molecule has 0 saturated heterocycles. The Morgan fingerprint density at radius 1 is 1.24 bits per heavy atom. The lowest BCUT2D eigenvalue weighted by atomic mass is 10.1. The molecular formula is C14H12F3N3O. The van der Waals surface area contributed by atoms with E-state index in [2.05, 4.69) is 10.3 Å². The fourth-order valence-electron chi connectivity index (χ4n) is 1.70. The third-order valence-electron chi connectivity index (χ3n) is 2.76. The first-order chi connectivity index (χ1) is 9.86. The van der Waals surface area contributed by atoms with Crippen LogP contribution in [0.25, 0.3) is 0 Å². The van der Waals surface area contributed by atoms with E-state index in [1.165, 1.54) is 6.07 Å². The molecule has 4 nitrogen and oxygen atoms in total. The normalized spacial score (nSPS) is 11.2. The molecule has 0 aliphatic carbocycles. The highest BCUT2D eigenvalue weighted by atomic mass is 19.4. The number of alkyl halides is 3. The number of aromatic nitrogens is 1. The van der Waals surface area contributed by atoms with Gasteiger partial charge in [0.2, 0.25) is 5.91 Å². The lowest BCUT2D eigenvalue weighted by Gasteiger charge is -2.09. The summed E-state index contributed by atoms with van der Waals surface area (Å²) in [5, 5.41) is 2.92. The quantitative estimate of drug-likeness (QED) is 0.911. The molecule has 0 unspecified atom stereocenters. The molecule has 0 bridgehead atoms. The van der Waals surface area contributed by atoms with Gasteiger partial charge in [-0.25, -0.2) is 4.98 Å². The van der Waals surface area contributed by atoms with Gasteiger partial charge >= 0.3 is 6.18 Å². The van der Waals surface area contributed by atoms with Gasteiger partial charge in [-0.3, -0.25) is 4.79 Å². The van der Waals surface area contributed by atoms with E-state index in [1.54, 1.807) is 24.3 Å². The second-order valence-corrected chi connectivity index (χ2v) is 4.35. The molecule has 7 heteroatoms. The van der Waals surface area contributed by atoms with Gasteiger partial charge in [0.15, 0.2) is 0 Å². The monoisotopic (exact) mass is 295 g/mol. The molecule has 3 N–H and O–H groups in total. The van der Waals surface area contributed by atoms with Gasteiger partial charge in [-0.2, -0.15) is 13.2 Å². The molecule has 0 radical (unpaired) electrons. The predicted molar refractivity (Wildman–Crippen MR) is 71.5 cm³/mol. The summed E-state index contributed by atoms with van der Waals surface area (Å²) in [5.41, 5.74) is 5.84. The third kappa shape index (κ3) is 3.95. The Bertz CT molecular complexity index is 639. The zero-order chi connectivity index (χ0) is 15.5. The van der Waals surface area contributed by atoms with Crippen molar-refractivity contribution in [2.45, 2.75) is 12.7 Å². The van der Waals surface area contributed by atoms with Crippen molar-refractivity contribution in [1.29, 1.82) is 0 Å². The Morgan fingerprint density at radius 2 is 2.00 bits per heavy atom. The van der Waals surface area contributed by atoms with Gasteiger partial charge in [0.25, 0.3) is 0 Å². The third-order valence-corrected chi connectivity index (χ3v) is 2.76. The highest BCUT2D eigenvalue weighted by Gasteiger charge is 2.31. The maximum Gasteiger partial charge on any atom is 0.433 e. The molecule has 21 heavy (non-hydrogen) atoms. The molecule has 0 saturated carbocycles. The number of carbonyl (C=O) groups excluding carboxylic acids is 1. The van der Waals surface area contributed by atoms with Crippen LogP contribution in [0.4, 0.5) is 18.9 Å². The average molecular weight is 295 g/mol. The number of hydrogen-bond donors (Lipinski definition) is 2. The Balaban J connectivity index is 2.03. The fourth-order valence-corrected chi connectivity index (χ4v) is 1.70. The first kappa shape index (κ1) is 14.8. The summed E-state index contributed by atoms with van der Waals surface area (Å²) < 4.78 is 37.1. The van der Waals surface area contributed by atoms with Crippen molar-refractivity contribution in [2.75, 3.05) is 5.32 Å². The van der Waals surface area contributed by atoms with Gasteiger partial charge in [0.1, 0.15) is 5.69 Å². The van der Waals surface area contributed by atoms with Gasteiger partial charge in [-0.1, -0.05) is 12.1 Å². The Morgan fingerprint density at radius 3 is 2.57 bits per heavy atom. The summed E-state index contributed by atoms with van der Waals surface area (Å²) >= 11 is 0. The van der Waals surface area contributed by atoms with Crippen LogP contribution < -0.4 is 11.1 Å². The number of nitrogens with two attached hydrogens (primary N) is 1. The van der Waals surface area contributed by atoms with Crippen LogP contribution in [0.1, 0.15) is 21.6 Å². The molecule has 0 atom stereocenters. The average Bonchev–Trinajstić information content (AvgIpc) is 2.45. The number of pyridine rings is 1. The molecule has 2 aromatic rings. The van der Waals surface area contributed by atoms with Crippen LogP contribution in [-0.2, 0) is 12.7 Å². The van der Waals surface area contributed by atoms with Crippen molar-refractivity contribution in [3.8, 4) is 0 Å². The largest absolute Gasteiger partial charge is 0.433 e. The zero-order valence-electron chi connectivity index (χ0n) is 10.8. The SMILES string of the molecule is NC(=O)c1cccc(CNc2ccc(C(F)(F)F)nc2)c1. The van der Waals surface area contributed by atoms with Crippen molar-refractivity contribution in [3.05, 3.63) is 59.4 Å². The molecule has 0 aliphatic heterocycles. The summed E-state index contributed by atoms with van der Waals surface area (Å²) in [7, 11) is 0. The standard InChI is InChI=1S/C14H12F3N3O/c15-14(16,17)12-5-4-11(8-20-12)19-7-9-2-1-3-10(6-9)13(18)21/h1-6,8,19H,7H2,(H2,18,21). The number of nitrogens with one attached hydrogen (secondary N) is 1. The number of rotatable bonds is 4. The lowest BCUT2D eigenvalue weighted by Crippen LogP contribution is -2.11. The van der Waals surface area contributed by atoms with Crippen LogP contribution in [0.5, 0.6) is 0 Å². The van der Waals surface area contributed by atoms with E-state index in [1.807, 2.05) is 0 Å². The summed E-state index contributed by atoms with van der Waals surface area (Å²) in [5.74, 6) is -0.534. The molecule has 2 rings (SSSR count). The number of hydrogen-bond acceptors (Lipinski definition) is 3. The molecule has 1 heterocycles. The van der Waals surface area contributed by atoms with Crippen molar-refractivity contribution in [3.63, 3.8) is 0 Å². The number of carbonyl (C=O) groups is 1. The van der Waals surface area contributed by atoms with E-state index >= 15 is 0 Å². The maximum absolute atomic E-state index is 12.4. The van der Waals surface area contributed by atoms with E-state index in [0.717, 1.165) is 17.8 Å². The second kappa shape index (κ2) is 5.82. The van der Waals surface area contributed by atoms with Crippen LogP contribution in [0.2, 0.25) is 0 Å². The summed E-state index contributed by atoms with van der Waals surface area (Å²) in [6.07, 6.45) is -3.34. The topological polar surface area (TPSA) is 68.0 Å². The Labute approximate surface area is 118 Å². The van der Waals surface area contributed by atoms with E-state index in [4.69, 9.17) is 5.73 Å². The molecule has 0 aliphatic rings. The van der Waals surface area contributed by atoms with Crippen LogP contribution >= 0.6 is 0 Å². The molecule has 1 aromatic carbocycles. The first-order valence-electron chi connectivity index (χ1n) is 6.02. The zero-order valence-corrected chi connectivity index (χ0v) is 10.8. The van der Waals surface area contributed by atoms with E-state index < -0.39 is 17.8 Å². The summed E-state index contributed by atoms with van der Waals surface area (Å²) in [4.78, 5) is 14.4. The van der Waals surface area contributed by atoms with Crippen LogP contribution in [-0.4, -0.2) is 10.9 Å². The van der Waals surface area contributed by atoms with E-state index in [0.29, 0.717) is 17.8 Å². The lowest BCUT2D eigenvalue weighted by molar-refractivity contribution is -0.141. The van der Waals surface area contributed by atoms with Crippen molar-refractivity contribution in [1.82, 2.24) is 4.98 Å². The van der Waals surface area contributed by atoms with Crippen LogP contribution in [0.3, 0.4) is 0 Å². The molecule has 110 valence electrons. The Hall–Kier alpha value is -2.57. The number of nitrogens with zero attached hydrogens (tertiary/aromatic N) is 1. The molecule has 0 spiro atoms. The van der Waals surface area contributed by atoms with Crippen LogP contribution in [0.15, 0.2) is 42.6 Å². The molecule has 1 amide bonds. The minimum atomic E-state index is -4.45. The first-order valence-corrected chi connectivity index (χ1v) is 6.02. The molecule has 0 fully saturated rings. The maximum atomic E-state index is 12.4. The molecule has 1 aromatic heterocycles. The van der Waals surface area contributed by atoms with Crippen molar-refractivity contribution in [2.24, 2.45) is 5.73 Å². The highest BCUT2D eigenvalue weighted by Crippen LogP contribution is 2.27. The minimum absolute atomic E-state index is 0.341. The fraction of sp³-hybridized carbons (Fsp3) is 0.143. The Kier molecular flexibility index (Phi) is 4.11.